The summed E-state index contributed by atoms with van der Waals surface area (Å²) >= 11 is 0. The van der Waals surface area contributed by atoms with Gasteiger partial charge in [0.05, 0.1) is 12.2 Å². The Bertz CT molecular complexity index is 861. The molecular weight excluding hydrogens is 448 g/mol. The minimum absolute atomic E-state index is 0.0267. The Morgan fingerprint density at radius 3 is 2.48 bits per heavy atom. The first-order valence-electron chi connectivity index (χ1n) is 12.5. The van der Waals surface area contributed by atoms with Gasteiger partial charge in [-0.15, -0.1) is 0 Å². The van der Waals surface area contributed by atoms with E-state index >= 15 is 0 Å². The zero-order valence-corrected chi connectivity index (χ0v) is 20.7. The predicted octanol–water partition coefficient (Wildman–Crippen LogP) is 2.71. The third kappa shape index (κ3) is 4.42. The predicted molar refractivity (Wildman–Crippen MR) is 120 cm³/mol. The first kappa shape index (κ1) is 25.5. The van der Waals surface area contributed by atoms with Crippen LogP contribution in [-0.2, 0) is 19.4 Å². The Hall–Kier alpha value is -0.580. The first-order valence-corrected chi connectivity index (χ1v) is 13.9. The number of Topliss-reactive ketones (excluding diaryl/α,β-unsaturated/α-hetero) is 1. The van der Waals surface area contributed by atoms with Crippen LogP contribution in [0.25, 0.3) is 0 Å². The molecular formula is C24H40O8S. The molecule has 33 heavy (non-hydrogen) atoms. The molecule has 4 saturated carbocycles. The molecule has 4 aliphatic rings. The Balaban J connectivity index is 1.51. The second-order valence-electron chi connectivity index (χ2n) is 11.9. The van der Waals surface area contributed by atoms with Crippen LogP contribution in [0.5, 0.6) is 0 Å². The standard InChI is InChI=1S/C24H40O8S/c1-13(4-7-21(28)32-33(29,30)31)16-5-6-17-22-18(12-20(27)24(16,17)3)23(2)9-8-15(25)10-14(23)11-19(22)26/h13-14,16-22,26-28H,4-12H2,1-3H3,(H,29,30,31)/t13-,14-,16-,17+,18+,19-,20+,21?,22+,23+,24-/m1/s1. The molecule has 0 radical (unpaired) electrons. The molecule has 4 aliphatic carbocycles. The Morgan fingerprint density at radius 1 is 1.12 bits per heavy atom. The number of carbonyl (C=O) groups is 1. The van der Waals surface area contributed by atoms with Gasteiger partial charge < -0.3 is 15.3 Å². The van der Waals surface area contributed by atoms with Crippen molar-refractivity contribution in [2.45, 2.75) is 97.1 Å². The molecule has 1 unspecified atom stereocenters. The number of fused-ring (bicyclic) bond motifs is 5. The summed E-state index contributed by atoms with van der Waals surface area (Å²) in [5.74, 6) is 1.24. The summed E-state index contributed by atoms with van der Waals surface area (Å²) in [6, 6.07) is 0. The lowest BCUT2D eigenvalue weighted by Gasteiger charge is -2.63. The average Bonchev–Trinajstić information content (AvgIpc) is 3.06. The van der Waals surface area contributed by atoms with E-state index in [2.05, 4.69) is 25.0 Å². The number of aliphatic hydroxyl groups is 3. The molecule has 0 heterocycles. The van der Waals surface area contributed by atoms with Crippen molar-refractivity contribution in [3.8, 4) is 0 Å². The quantitative estimate of drug-likeness (QED) is 0.330. The zero-order chi connectivity index (χ0) is 24.3. The van der Waals surface area contributed by atoms with Crippen LogP contribution in [0.2, 0.25) is 0 Å². The van der Waals surface area contributed by atoms with E-state index < -0.39 is 28.9 Å². The number of rotatable bonds is 6. The van der Waals surface area contributed by atoms with E-state index in [4.69, 9.17) is 4.55 Å². The molecule has 0 aliphatic heterocycles. The lowest BCUT2D eigenvalue weighted by molar-refractivity contribution is -0.201. The maximum Gasteiger partial charge on any atom is 0.399 e. The van der Waals surface area contributed by atoms with Gasteiger partial charge in [-0.3, -0.25) is 9.35 Å². The van der Waals surface area contributed by atoms with Crippen LogP contribution in [0.1, 0.15) is 78.6 Å². The number of aliphatic hydroxyl groups excluding tert-OH is 3. The molecule has 0 aromatic carbocycles. The summed E-state index contributed by atoms with van der Waals surface area (Å²) in [4.78, 5) is 12.1. The maximum absolute atomic E-state index is 12.1. The summed E-state index contributed by atoms with van der Waals surface area (Å²) in [6.07, 6.45) is 3.08. The first-order chi connectivity index (χ1) is 15.3. The largest absolute Gasteiger partial charge is 0.399 e. The summed E-state index contributed by atoms with van der Waals surface area (Å²) in [5, 5.41) is 32.6. The molecule has 9 heteroatoms. The average molecular weight is 489 g/mol. The van der Waals surface area contributed by atoms with Gasteiger partial charge in [0.25, 0.3) is 0 Å². The fraction of sp³-hybridized carbons (Fsp3) is 0.958. The van der Waals surface area contributed by atoms with E-state index in [1.165, 1.54) is 0 Å². The third-order valence-corrected chi connectivity index (χ3v) is 10.9. The molecule has 4 N–H and O–H groups in total. The Morgan fingerprint density at radius 2 is 1.82 bits per heavy atom. The van der Waals surface area contributed by atoms with Crippen molar-refractivity contribution in [2.75, 3.05) is 0 Å². The monoisotopic (exact) mass is 488 g/mol. The molecule has 0 bridgehead atoms. The second-order valence-corrected chi connectivity index (χ2v) is 12.9. The summed E-state index contributed by atoms with van der Waals surface area (Å²) in [5.41, 5.74) is -0.398. The molecule has 11 atom stereocenters. The van der Waals surface area contributed by atoms with Gasteiger partial charge in [0.2, 0.25) is 0 Å². The molecule has 0 amide bonds. The molecule has 0 saturated heterocycles. The molecule has 0 aromatic rings. The molecule has 4 fully saturated rings. The van der Waals surface area contributed by atoms with Gasteiger partial charge in [-0.25, -0.2) is 4.18 Å². The number of ketones is 1. The minimum atomic E-state index is -4.71. The normalized spacial score (nSPS) is 47.4. The highest BCUT2D eigenvalue weighted by Gasteiger charge is 2.65. The van der Waals surface area contributed by atoms with Crippen molar-refractivity contribution in [1.82, 2.24) is 0 Å². The van der Waals surface area contributed by atoms with Gasteiger partial charge in [-0.1, -0.05) is 20.8 Å². The van der Waals surface area contributed by atoms with Crippen LogP contribution in [0.15, 0.2) is 0 Å². The van der Waals surface area contributed by atoms with E-state index in [0.29, 0.717) is 37.9 Å². The topological polar surface area (TPSA) is 141 Å². The SMILES string of the molecule is C[C@H](CCC(O)OS(=O)(=O)O)[C@H]1CC[C@H]2[C@@H]3[C@H](O)C[C@H]4CC(=O)CC[C@]4(C)[C@H]3C[C@H](O)[C@]12C. The van der Waals surface area contributed by atoms with E-state index in [1.54, 1.807) is 0 Å². The fourth-order valence-electron chi connectivity index (χ4n) is 8.74. The molecule has 8 nitrogen and oxygen atoms in total. The summed E-state index contributed by atoms with van der Waals surface area (Å²) < 4.78 is 34.7. The lowest BCUT2D eigenvalue weighted by Crippen LogP contribution is -2.62. The minimum Gasteiger partial charge on any atom is -0.393 e. The Labute approximate surface area is 197 Å². The highest BCUT2D eigenvalue weighted by Crippen LogP contribution is 2.68. The maximum atomic E-state index is 12.1. The Kier molecular flexibility index (Phi) is 6.82. The van der Waals surface area contributed by atoms with Gasteiger partial charge >= 0.3 is 10.4 Å². The van der Waals surface area contributed by atoms with E-state index in [1.807, 2.05) is 0 Å². The van der Waals surface area contributed by atoms with Gasteiger partial charge in [0.15, 0.2) is 6.29 Å². The van der Waals surface area contributed by atoms with Crippen molar-refractivity contribution < 1.29 is 37.3 Å². The molecule has 0 aromatic heterocycles. The molecule has 190 valence electrons. The van der Waals surface area contributed by atoms with Crippen molar-refractivity contribution >= 4 is 16.2 Å². The van der Waals surface area contributed by atoms with Gasteiger partial charge in [-0.2, -0.15) is 8.42 Å². The van der Waals surface area contributed by atoms with Crippen LogP contribution < -0.4 is 0 Å². The van der Waals surface area contributed by atoms with Crippen LogP contribution in [0.4, 0.5) is 0 Å². The van der Waals surface area contributed by atoms with E-state index in [9.17, 15) is 28.5 Å². The van der Waals surface area contributed by atoms with Crippen molar-refractivity contribution in [1.29, 1.82) is 0 Å². The van der Waals surface area contributed by atoms with Crippen LogP contribution in [0, 0.1) is 46.3 Å². The fourth-order valence-corrected chi connectivity index (χ4v) is 9.12. The smallest absolute Gasteiger partial charge is 0.393 e. The van der Waals surface area contributed by atoms with Crippen molar-refractivity contribution in [2.24, 2.45) is 46.3 Å². The zero-order valence-electron chi connectivity index (χ0n) is 19.9. The van der Waals surface area contributed by atoms with Gasteiger partial charge in [0.1, 0.15) is 5.78 Å². The summed E-state index contributed by atoms with van der Waals surface area (Å²) in [7, 11) is -4.71. The van der Waals surface area contributed by atoms with E-state index in [0.717, 1.165) is 19.3 Å². The number of carbonyl (C=O) groups excluding carboxylic acids is 1. The van der Waals surface area contributed by atoms with Gasteiger partial charge in [-0.05, 0) is 91.3 Å². The highest BCUT2D eigenvalue weighted by molar-refractivity contribution is 7.80. The summed E-state index contributed by atoms with van der Waals surface area (Å²) in [6.45, 7) is 6.47. The van der Waals surface area contributed by atoms with Gasteiger partial charge in [0, 0.05) is 12.8 Å². The highest BCUT2D eigenvalue weighted by atomic mass is 32.3. The van der Waals surface area contributed by atoms with Crippen molar-refractivity contribution in [3.63, 3.8) is 0 Å². The number of hydrogen-bond acceptors (Lipinski definition) is 7. The lowest BCUT2D eigenvalue weighted by atomic mass is 9.43. The number of hydrogen-bond donors (Lipinski definition) is 4. The van der Waals surface area contributed by atoms with Crippen LogP contribution in [0.3, 0.4) is 0 Å². The van der Waals surface area contributed by atoms with Crippen LogP contribution in [-0.4, -0.2) is 52.6 Å². The molecule has 0 spiro atoms. The molecule has 4 rings (SSSR count). The van der Waals surface area contributed by atoms with Crippen molar-refractivity contribution in [3.05, 3.63) is 0 Å². The van der Waals surface area contributed by atoms with Crippen LogP contribution >= 0.6 is 0 Å². The second kappa shape index (κ2) is 8.82. The third-order valence-electron chi connectivity index (χ3n) is 10.5. The van der Waals surface area contributed by atoms with E-state index in [-0.39, 0.29) is 52.8 Å².